The molecule has 0 aromatic heterocycles. The van der Waals surface area contributed by atoms with Gasteiger partial charge in [0.25, 0.3) is 0 Å². The summed E-state index contributed by atoms with van der Waals surface area (Å²) in [5.74, 6) is 1.48. The van der Waals surface area contributed by atoms with Crippen molar-refractivity contribution >= 4 is 0 Å². The smallest absolute Gasteiger partial charge is 0.0326 e. The van der Waals surface area contributed by atoms with Crippen LogP contribution in [0.5, 0.6) is 0 Å². The number of nitrogens with zero attached hydrogens (tertiary/aromatic N) is 1. The van der Waals surface area contributed by atoms with Gasteiger partial charge in [0.15, 0.2) is 0 Å². The molecule has 0 aliphatic carbocycles. The van der Waals surface area contributed by atoms with Crippen LogP contribution in [0.3, 0.4) is 0 Å². The number of hydrogen-bond acceptors (Lipinski definition) is 2. The molecule has 2 N–H and O–H groups in total. The normalized spacial score (nSPS) is 29.1. The summed E-state index contributed by atoms with van der Waals surface area (Å²) in [5.41, 5.74) is 6.15. The first-order valence-electron chi connectivity index (χ1n) is 5.96. The minimum Gasteiger partial charge on any atom is -0.329 e. The van der Waals surface area contributed by atoms with Crippen LogP contribution in [0.15, 0.2) is 0 Å². The number of hydrogen-bond donors (Lipinski definition) is 1. The van der Waals surface area contributed by atoms with Crippen LogP contribution in [0, 0.1) is 11.8 Å². The maximum atomic E-state index is 5.94. The van der Waals surface area contributed by atoms with Crippen molar-refractivity contribution in [2.24, 2.45) is 17.6 Å². The molecule has 1 rings (SSSR count). The predicted octanol–water partition coefficient (Wildman–Crippen LogP) is 2.09. The Bertz CT molecular complexity index is 179. The Morgan fingerprint density at radius 3 is 2.57 bits per heavy atom. The van der Waals surface area contributed by atoms with Gasteiger partial charge >= 0.3 is 0 Å². The van der Waals surface area contributed by atoms with Gasteiger partial charge in [0, 0.05) is 18.6 Å². The molecule has 14 heavy (non-hydrogen) atoms. The van der Waals surface area contributed by atoms with Crippen molar-refractivity contribution in [2.45, 2.75) is 46.1 Å². The first kappa shape index (κ1) is 12.0. The van der Waals surface area contributed by atoms with E-state index in [1.54, 1.807) is 0 Å². The predicted molar refractivity (Wildman–Crippen MR) is 62.3 cm³/mol. The maximum Gasteiger partial charge on any atom is 0.0326 e. The van der Waals surface area contributed by atoms with Gasteiger partial charge < -0.3 is 5.73 Å². The molecule has 0 radical (unpaired) electrons. The summed E-state index contributed by atoms with van der Waals surface area (Å²) < 4.78 is 0. The van der Waals surface area contributed by atoms with Crippen molar-refractivity contribution in [2.75, 3.05) is 19.6 Å². The largest absolute Gasteiger partial charge is 0.329 e. The molecular weight excluding hydrogens is 172 g/mol. The van der Waals surface area contributed by atoms with Crippen LogP contribution in [0.2, 0.25) is 0 Å². The van der Waals surface area contributed by atoms with Crippen molar-refractivity contribution in [3.63, 3.8) is 0 Å². The monoisotopic (exact) mass is 198 g/mol. The Balaban J connectivity index is 2.68. The summed E-state index contributed by atoms with van der Waals surface area (Å²) in [6.45, 7) is 12.5. The Morgan fingerprint density at radius 1 is 1.50 bits per heavy atom. The van der Waals surface area contributed by atoms with Crippen LogP contribution < -0.4 is 5.73 Å². The van der Waals surface area contributed by atoms with Crippen LogP contribution in [0.1, 0.15) is 40.5 Å². The fourth-order valence-electron chi connectivity index (χ4n) is 2.38. The number of nitrogens with two attached hydrogens (primary N) is 1. The van der Waals surface area contributed by atoms with Crippen LogP contribution in [0.4, 0.5) is 0 Å². The van der Waals surface area contributed by atoms with Crippen LogP contribution in [0.25, 0.3) is 0 Å². The number of rotatable bonds is 3. The fourth-order valence-corrected chi connectivity index (χ4v) is 2.38. The molecule has 1 fully saturated rings. The second-order valence-corrected chi connectivity index (χ2v) is 5.41. The summed E-state index contributed by atoms with van der Waals surface area (Å²) in [5, 5.41) is 0. The molecule has 1 aliphatic rings. The molecule has 2 heteroatoms. The summed E-state index contributed by atoms with van der Waals surface area (Å²) in [6, 6.07) is 0. The van der Waals surface area contributed by atoms with Crippen molar-refractivity contribution in [3.8, 4) is 0 Å². The number of piperidine rings is 1. The molecule has 1 aliphatic heterocycles. The second kappa shape index (κ2) is 4.63. The Labute approximate surface area is 88.8 Å². The molecule has 0 saturated carbocycles. The Morgan fingerprint density at radius 2 is 2.14 bits per heavy atom. The van der Waals surface area contributed by atoms with Gasteiger partial charge in [0.2, 0.25) is 0 Å². The molecule has 1 heterocycles. The van der Waals surface area contributed by atoms with Gasteiger partial charge in [-0.05, 0) is 38.1 Å². The standard InChI is InChI=1S/C12H26N2/c1-10(2)12(4,9-13)14-7-5-6-11(3)8-14/h10-11H,5-9,13H2,1-4H3. The van der Waals surface area contributed by atoms with E-state index in [1.807, 2.05) is 0 Å². The first-order chi connectivity index (χ1) is 6.50. The minimum atomic E-state index is 0.203. The van der Waals surface area contributed by atoms with E-state index in [-0.39, 0.29) is 5.54 Å². The lowest BCUT2D eigenvalue weighted by molar-refractivity contribution is 0.0312. The lowest BCUT2D eigenvalue weighted by atomic mass is 9.84. The molecule has 2 atom stereocenters. The highest BCUT2D eigenvalue weighted by Gasteiger charge is 2.35. The summed E-state index contributed by atoms with van der Waals surface area (Å²) in [7, 11) is 0. The molecule has 0 aromatic rings. The lowest BCUT2D eigenvalue weighted by Crippen LogP contribution is -2.57. The molecule has 0 aromatic carbocycles. The zero-order valence-electron chi connectivity index (χ0n) is 10.2. The third-order valence-electron chi connectivity index (χ3n) is 4.04. The molecule has 1 saturated heterocycles. The van der Waals surface area contributed by atoms with Crippen molar-refractivity contribution < 1.29 is 0 Å². The zero-order valence-corrected chi connectivity index (χ0v) is 10.2. The van der Waals surface area contributed by atoms with E-state index in [0.717, 1.165) is 12.5 Å². The third kappa shape index (κ3) is 2.29. The van der Waals surface area contributed by atoms with E-state index >= 15 is 0 Å². The first-order valence-corrected chi connectivity index (χ1v) is 5.96. The van der Waals surface area contributed by atoms with Gasteiger partial charge in [-0.2, -0.15) is 0 Å². The highest BCUT2D eigenvalue weighted by Crippen LogP contribution is 2.28. The Hall–Kier alpha value is -0.0800. The van der Waals surface area contributed by atoms with Crippen molar-refractivity contribution in [1.82, 2.24) is 4.90 Å². The van der Waals surface area contributed by atoms with Crippen LogP contribution in [-0.4, -0.2) is 30.1 Å². The average molecular weight is 198 g/mol. The van der Waals surface area contributed by atoms with Gasteiger partial charge in [-0.25, -0.2) is 0 Å². The highest BCUT2D eigenvalue weighted by molar-refractivity contribution is 4.92. The van der Waals surface area contributed by atoms with Crippen molar-refractivity contribution in [1.29, 1.82) is 0 Å². The third-order valence-corrected chi connectivity index (χ3v) is 4.04. The Kier molecular flexibility index (Phi) is 3.96. The summed E-state index contributed by atoms with van der Waals surface area (Å²) >= 11 is 0. The van der Waals surface area contributed by atoms with Crippen molar-refractivity contribution in [3.05, 3.63) is 0 Å². The summed E-state index contributed by atoms with van der Waals surface area (Å²) in [6.07, 6.45) is 2.72. The van der Waals surface area contributed by atoms with Gasteiger partial charge in [-0.1, -0.05) is 20.8 Å². The van der Waals surface area contributed by atoms with E-state index in [2.05, 4.69) is 32.6 Å². The van der Waals surface area contributed by atoms with E-state index in [4.69, 9.17) is 5.73 Å². The van der Waals surface area contributed by atoms with E-state index in [0.29, 0.717) is 5.92 Å². The van der Waals surface area contributed by atoms with E-state index in [9.17, 15) is 0 Å². The summed E-state index contributed by atoms with van der Waals surface area (Å²) in [4.78, 5) is 2.60. The van der Waals surface area contributed by atoms with Crippen LogP contribution in [-0.2, 0) is 0 Å². The van der Waals surface area contributed by atoms with Gasteiger partial charge in [0.1, 0.15) is 0 Å². The van der Waals surface area contributed by atoms with Gasteiger partial charge in [-0.3, -0.25) is 4.90 Å². The SMILES string of the molecule is CC1CCCN(C(C)(CN)C(C)C)C1. The molecule has 0 spiro atoms. The molecule has 0 amide bonds. The van der Waals surface area contributed by atoms with Crippen LogP contribution >= 0.6 is 0 Å². The lowest BCUT2D eigenvalue weighted by Gasteiger charge is -2.47. The zero-order chi connectivity index (χ0) is 10.8. The van der Waals surface area contributed by atoms with Gasteiger partial charge in [-0.15, -0.1) is 0 Å². The quantitative estimate of drug-likeness (QED) is 0.752. The topological polar surface area (TPSA) is 29.3 Å². The maximum absolute atomic E-state index is 5.94. The highest BCUT2D eigenvalue weighted by atomic mass is 15.2. The number of likely N-dealkylation sites (tertiary alicyclic amines) is 1. The molecule has 2 nitrogen and oxygen atoms in total. The van der Waals surface area contributed by atoms with Gasteiger partial charge in [0.05, 0.1) is 0 Å². The molecular formula is C12H26N2. The second-order valence-electron chi connectivity index (χ2n) is 5.41. The molecule has 0 bridgehead atoms. The van der Waals surface area contributed by atoms with E-state index in [1.165, 1.54) is 25.9 Å². The molecule has 2 unspecified atom stereocenters. The fraction of sp³-hybridized carbons (Fsp3) is 1.00. The minimum absolute atomic E-state index is 0.203. The van der Waals surface area contributed by atoms with E-state index < -0.39 is 0 Å². The average Bonchev–Trinajstić information content (AvgIpc) is 2.16. The molecule has 84 valence electrons.